The Kier molecular flexibility index (Phi) is 4.92. The number of piperazine rings is 1. The average Bonchev–Trinajstić information content (AvgIpc) is 2.98. The maximum absolute atomic E-state index is 5.35. The topological polar surface area (TPSA) is 24.5 Å². The molecule has 0 radical (unpaired) electrons. The number of hydrogen-bond donors (Lipinski definition) is 1. The first-order chi connectivity index (χ1) is 10.2. The van der Waals surface area contributed by atoms with Gasteiger partial charge in [-0.1, -0.05) is 32.1 Å². The molecule has 2 aliphatic carbocycles. The van der Waals surface area contributed by atoms with Crippen LogP contribution in [0.4, 0.5) is 0 Å². The fourth-order valence-electron chi connectivity index (χ4n) is 5.13. The van der Waals surface area contributed by atoms with Crippen LogP contribution in [0.15, 0.2) is 0 Å². The van der Waals surface area contributed by atoms with Crippen LogP contribution < -0.4 is 5.32 Å². The van der Waals surface area contributed by atoms with Gasteiger partial charge in [0.1, 0.15) is 0 Å². The Morgan fingerprint density at radius 2 is 1.71 bits per heavy atom. The molecule has 0 aromatic rings. The van der Waals surface area contributed by atoms with Crippen molar-refractivity contribution in [3.63, 3.8) is 0 Å². The van der Waals surface area contributed by atoms with E-state index >= 15 is 0 Å². The van der Waals surface area contributed by atoms with E-state index < -0.39 is 0 Å². The van der Waals surface area contributed by atoms with Gasteiger partial charge in [-0.15, -0.1) is 0 Å². The maximum atomic E-state index is 5.35. The number of nitrogens with zero attached hydrogens (tertiary/aromatic N) is 1. The average molecular weight is 294 g/mol. The van der Waals surface area contributed by atoms with Crippen molar-refractivity contribution in [2.75, 3.05) is 26.8 Å². The lowest BCUT2D eigenvalue weighted by atomic mass is 9.76. The molecular formula is C18H34N2O. The van der Waals surface area contributed by atoms with Gasteiger partial charge in [-0.25, -0.2) is 0 Å². The molecule has 1 heterocycles. The van der Waals surface area contributed by atoms with Gasteiger partial charge in [0.25, 0.3) is 0 Å². The summed E-state index contributed by atoms with van der Waals surface area (Å²) in [6.07, 6.45) is 13.8. The number of nitrogens with one attached hydrogen (secondary N) is 1. The zero-order valence-electron chi connectivity index (χ0n) is 14.1. The molecule has 3 nitrogen and oxygen atoms in total. The molecule has 1 unspecified atom stereocenters. The molecule has 1 atom stereocenters. The first kappa shape index (κ1) is 15.8. The van der Waals surface area contributed by atoms with Gasteiger partial charge in [0, 0.05) is 43.9 Å². The van der Waals surface area contributed by atoms with Crippen molar-refractivity contribution < 1.29 is 4.74 Å². The summed E-state index contributed by atoms with van der Waals surface area (Å²) in [6, 6.07) is 0.656. The number of ether oxygens (including phenoxy) is 1. The number of methoxy groups -OCH3 is 1. The van der Waals surface area contributed by atoms with Crippen molar-refractivity contribution in [3.05, 3.63) is 0 Å². The van der Waals surface area contributed by atoms with Crippen molar-refractivity contribution in [3.8, 4) is 0 Å². The lowest BCUT2D eigenvalue weighted by molar-refractivity contribution is -0.0371. The highest BCUT2D eigenvalue weighted by Gasteiger charge is 2.49. The Balaban J connectivity index is 1.74. The van der Waals surface area contributed by atoms with Crippen LogP contribution in [0, 0.1) is 0 Å². The van der Waals surface area contributed by atoms with E-state index in [1.54, 1.807) is 0 Å². The van der Waals surface area contributed by atoms with Crippen LogP contribution >= 0.6 is 0 Å². The Morgan fingerprint density at radius 3 is 2.38 bits per heavy atom. The number of rotatable bonds is 4. The van der Waals surface area contributed by atoms with Gasteiger partial charge in [-0.2, -0.15) is 0 Å². The van der Waals surface area contributed by atoms with E-state index in [1.807, 2.05) is 7.11 Å². The van der Waals surface area contributed by atoms with Crippen LogP contribution in [0.2, 0.25) is 0 Å². The fourth-order valence-corrected chi connectivity index (χ4v) is 5.13. The molecule has 21 heavy (non-hydrogen) atoms. The standard InChI is InChI=1S/C18H34N2O/c1-16(8-13-21-2)20-15-17(9-4-3-5-10-17)19-14-18(20)11-6-7-12-18/h16,19H,3-15H2,1-2H3. The summed E-state index contributed by atoms with van der Waals surface area (Å²) in [5.74, 6) is 0. The molecule has 3 heteroatoms. The minimum absolute atomic E-state index is 0.424. The maximum Gasteiger partial charge on any atom is 0.0477 e. The Bertz CT molecular complexity index is 332. The van der Waals surface area contributed by atoms with Gasteiger partial charge < -0.3 is 10.1 Å². The van der Waals surface area contributed by atoms with Crippen LogP contribution in [0.1, 0.15) is 71.1 Å². The predicted molar refractivity (Wildman–Crippen MR) is 87.7 cm³/mol. The Hall–Kier alpha value is -0.120. The number of hydrogen-bond acceptors (Lipinski definition) is 3. The van der Waals surface area contributed by atoms with Gasteiger partial charge >= 0.3 is 0 Å². The molecule has 1 N–H and O–H groups in total. The zero-order chi connectivity index (χ0) is 14.8. The van der Waals surface area contributed by atoms with Crippen molar-refractivity contribution in [2.45, 2.75) is 88.3 Å². The summed E-state index contributed by atoms with van der Waals surface area (Å²) in [6.45, 7) is 5.83. The summed E-state index contributed by atoms with van der Waals surface area (Å²) in [5, 5.41) is 4.04. The SMILES string of the molecule is COCCC(C)N1CC2(CCCCC2)NCC12CCCC2. The van der Waals surface area contributed by atoms with Crippen LogP contribution in [0.5, 0.6) is 0 Å². The highest BCUT2D eigenvalue weighted by molar-refractivity contribution is 5.09. The molecule has 122 valence electrons. The van der Waals surface area contributed by atoms with Crippen LogP contribution in [0.3, 0.4) is 0 Å². The van der Waals surface area contributed by atoms with Gasteiger partial charge in [-0.3, -0.25) is 4.90 Å². The fraction of sp³-hybridized carbons (Fsp3) is 1.00. The minimum atomic E-state index is 0.424. The van der Waals surface area contributed by atoms with Crippen LogP contribution in [0.25, 0.3) is 0 Å². The predicted octanol–water partition coefficient (Wildman–Crippen LogP) is 3.33. The summed E-state index contributed by atoms with van der Waals surface area (Å²) in [5.41, 5.74) is 0.878. The lowest BCUT2D eigenvalue weighted by Crippen LogP contribution is -2.71. The largest absolute Gasteiger partial charge is 0.385 e. The molecule has 2 spiro atoms. The van der Waals surface area contributed by atoms with Gasteiger partial charge in [-0.05, 0) is 39.0 Å². The second-order valence-corrected chi connectivity index (χ2v) is 7.88. The highest BCUT2D eigenvalue weighted by atomic mass is 16.5. The zero-order valence-corrected chi connectivity index (χ0v) is 14.1. The van der Waals surface area contributed by atoms with Crippen molar-refractivity contribution in [1.82, 2.24) is 10.2 Å². The monoisotopic (exact) mass is 294 g/mol. The third kappa shape index (κ3) is 3.16. The molecule has 0 aromatic carbocycles. The molecular weight excluding hydrogens is 260 g/mol. The molecule has 0 aromatic heterocycles. The third-order valence-corrected chi connectivity index (χ3v) is 6.49. The van der Waals surface area contributed by atoms with E-state index in [-0.39, 0.29) is 0 Å². The first-order valence-corrected chi connectivity index (χ1v) is 9.21. The molecule has 1 saturated heterocycles. The smallest absolute Gasteiger partial charge is 0.0477 e. The summed E-state index contributed by atoms with van der Waals surface area (Å²) in [4.78, 5) is 2.90. The third-order valence-electron chi connectivity index (χ3n) is 6.49. The second-order valence-electron chi connectivity index (χ2n) is 7.88. The molecule has 0 bridgehead atoms. The molecule has 1 aliphatic heterocycles. The molecule has 3 fully saturated rings. The van der Waals surface area contributed by atoms with Crippen molar-refractivity contribution in [1.29, 1.82) is 0 Å². The first-order valence-electron chi connectivity index (χ1n) is 9.21. The van der Waals surface area contributed by atoms with E-state index in [0.717, 1.165) is 6.61 Å². The normalized spacial score (nSPS) is 30.0. The summed E-state index contributed by atoms with van der Waals surface area (Å²) >= 11 is 0. The van der Waals surface area contributed by atoms with Crippen LogP contribution in [-0.4, -0.2) is 48.8 Å². The van der Waals surface area contributed by atoms with Gasteiger partial charge in [0.15, 0.2) is 0 Å². The van der Waals surface area contributed by atoms with E-state index in [0.29, 0.717) is 17.1 Å². The lowest BCUT2D eigenvalue weighted by Gasteiger charge is -2.57. The van der Waals surface area contributed by atoms with E-state index in [9.17, 15) is 0 Å². The molecule has 3 aliphatic rings. The minimum Gasteiger partial charge on any atom is -0.385 e. The van der Waals surface area contributed by atoms with Gasteiger partial charge in [0.2, 0.25) is 0 Å². The molecule has 3 rings (SSSR count). The Morgan fingerprint density at radius 1 is 1.05 bits per heavy atom. The second kappa shape index (κ2) is 6.55. The molecule has 0 amide bonds. The van der Waals surface area contributed by atoms with Crippen molar-refractivity contribution >= 4 is 0 Å². The Labute approximate surface area is 130 Å². The summed E-state index contributed by atoms with van der Waals surface area (Å²) < 4.78 is 5.35. The van der Waals surface area contributed by atoms with E-state index in [2.05, 4.69) is 17.1 Å². The highest BCUT2D eigenvalue weighted by Crippen LogP contribution is 2.43. The van der Waals surface area contributed by atoms with Crippen molar-refractivity contribution in [2.24, 2.45) is 0 Å². The van der Waals surface area contributed by atoms with E-state index in [1.165, 1.54) is 77.3 Å². The molecule has 2 saturated carbocycles. The quantitative estimate of drug-likeness (QED) is 0.861. The summed E-state index contributed by atoms with van der Waals surface area (Å²) in [7, 11) is 1.83. The van der Waals surface area contributed by atoms with E-state index in [4.69, 9.17) is 4.74 Å². The van der Waals surface area contributed by atoms with Crippen LogP contribution in [-0.2, 0) is 4.74 Å². The van der Waals surface area contributed by atoms with Gasteiger partial charge in [0.05, 0.1) is 0 Å².